The number of hydrogen-bond donors (Lipinski definition) is 0. The van der Waals surface area contributed by atoms with E-state index in [4.69, 9.17) is 0 Å². The molecule has 0 saturated carbocycles. The minimum Gasteiger partial charge on any atom is -0.300 e. The van der Waals surface area contributed by atoms with Gasteiger partial charge in [0.05, 0.1) is 0 Å². The van der Waals surface area contributed by atoms with Gasteiger partial charge in [0.15, 0.2) is 0 Å². The second-order valence-electron chi connectivity index (χ2n) is 2.92. The Balaban J connectivity index is -0.000000376. The van der Waals surface area contributed by atoms with Crippen LogP contribution in [0.3, 0.4) is 0 Å². The van der Waals surface area contributed by atoms with Crippen molar-refractivity contribution in [3.63, 3.8) is 0 Å². The third-order valence-electron chi connectivity index (χ3n) is 2.09. The van der Waals surface area contributed by atoms with Crippen molar-refractivity contribution in [2.24, 2.45) is 0 Å². The average molecular weight is 227 g/mol. The highest BCUT2D eigenvalue weighted by atomic mass is 15.1. The van der Waals surface area contributed by atoms with Gasteiger partial charge in [0, 0.05) is 6.54 Å². The fourth-order valence-corrected chi connectivity index (χ4v) is 0.966. The summed E-state index contributed by atoms with van der Waals surface area (Å²) in [7, 11) is 0. The lowest BCUT2D eigenvalue weighted by molar-refractivity contribution is 0.337. The molecule has 0 unspecified atom stereocenters. The van der Waals surface area contributed by atoms with Crippen molar-refractivity contribution in [2.45, 2.75) is 55.4 Å². The second kappa shape index (κ2) is 19.9. The number of hydrogen-bond acceptors (Lipinski definition) is 1. The van der Waals surface area contributed by atoms with Gasteiger partial charge < -0.3 is 4.90 Å². The topological polar surface area (TPSA) is 3.24 Å². The van der Waals surface area contributed by atoms with Crippen LogP contribution in [-0.2, 0) is 0 Å². The molecule has 0 fully saturated rings. The Bertz CT molecular complexity index is 153. The number of rotatable bonds is 5. The van der Waals surface area contributed by atoms with Crippen LogP contribution in [0.15, 0.2) is 23.8 Å². The molecule has 98 valence electrons. The maximum absolute atomic E-state index is 2.39. The summed E-state index contributed by atoms with van der Waals surface area (Å²) in [6.45, 7) is 19.9. The van der Waals surface area contributed by atoms with Crippen LogP contribution >= 0.6 is 0 Å². The molecule has 0 aliphatic carbocycles. The van der Waals surface area contributed by atoms with Crippen LogP contribution in [0.5, 0.6) is 0 Å². The van der Waals surface area contributed by atoms with Gasteiger partial charge in [-0.3, -0.25) is 0 Å². The van der Waals surface area contributed by atoms with Crippen LogP contribution in [0.25, 0.3) is 0 Å². The van der Waals surface area contributed by atoms with Gasteiger partial charge in [-0.15, -0.1) is 0 Å². The Morgan fingerprint density at radius 3 is 1.75 bits per heavy atom. The summed E-state index contributed by atoms with van der Waals surface area (Å²) in [6, 6.07) is 0. The molecule has 0 bridgehead atoms. The fourth-order valence-electron chi connectivity index (χ4n) is 0.966. The number of allylic oxidation sites excluding steroid dienone is 3. The molecule has 0 heterocycles. The second-order valence-corrected chi connectivity index (χ2v) is 2.92. The van der Waals surface area contributed by atoms with E-state index >= 15 is 0 Å². The highest BCUT2D eigenvalue weighted by Crippen LogP contribution is 1.94. The van der Waals surface area contributed by atoms with Gasteiger partial charge in [0.1, 0.15) is 0 Å². The average Bonchev–Trinajstić information content (AvgIpc) is 2.39. The molecule has 1 nitrogen and oxygen atoms in total. The van der Waals surface area contributed by atoms with Crippen molar-refractivity contribution in [2.75, 3.05) is 19.6 Å². The van der Waals surface area contributed by atoms with Gasteiger partial charge in [0.2, 0.25) is 0 Å². The summed E-state index contributed by atoms with van der Waals surface area (Å²) in [5.74, 6) is 0. The van der Waals surface area contributed by atoms with Gasteiger partial charge >= 0.3 is 0 Å². The first kappa shape index (κ1) is 20.8. The predicted octanol–water partition coefficient (Wildman–Crippen LogP) is 4.90. The zero-order valence-electron chi connectivity index (χ0n) is 12.8. The molecule has 16 heavy (non-hydrogen) atoms. The van der Waals surface area contributed by atoms with Crippen LogP contribution in [0.4, 0.5) is 0 Å². The smallest absolute Gasteiger partial charge is 0.0166 e. The van der Waals surface area contributed by atoms with Gasteiger partial charge in [-0.25, -0.2) is 0 Å². The standard InChI is InChI=1S/C11H21N.2C2H6/c1-5-11(4)9-8-10-12(6-2)7-3;2*1-2/h5,8-9H,6-7,10H2,1-4H3;2*1-2H3/b9-8-,11-5-;;. The van der Waals surface area contributed by atoms with E-state index in [9.17, 15) is 0 Å². The van der Waals surface area contributed by atoms with Crippen LogP contribution in [0.2, 0.25) is 0 Å². The molecule has 0 amide bonds. The summed E-state index contributed by atoms with van der Waals surface area (Å²) in [5, 5.41) is 0. The molecule has 0 aromatic rings. The van der Waals surface area contributed by atoms with E-state index in [0.717, 1.165) is 19.6 Å². The lowest BCUT2D eigenvalue weighted by atomic mass is 10.2. The minimum absolute atomic E-state index is 1.07. The van der Waals surface area contributed by atoms with Gasteiger partial charge in [-0.2, -0.15) is 0 Å². The quantitative estimate of drug-likeness (QED) is 0.604. The fraction of sp³-hybridized carbons (Fsp3) is 0.733. The van der Waals surface area contributed by atoms with Crippen molar-refractivity contribution in [1.29, 1.82) is 0 Å². The first-order valence-corrected chi connectivity index (χ1v) is 6.76. The summed E-state index contributed by atoms with van der Waals surface area (Å²) in [4.78, 5) is 2.39. The summed E-state index contributed by atoms with van der Waals surface area (Å²) >= 11 is 0. The molecule has 0 atom stereocenters. The molecule has 0 aromatic carbocycles. The third kappa shape index (κ3) is 15.9. The monoisotopic (exact) mass is 227 g/mol. The Morgan fingerprint density at radius 2 is 1.44 bits per heavy atom. The molecule has 0 radical (unpaired) electrons. The van der Waals surface area contributed by atoms with Gasteiger partial charge in [-0.05, 0) is 26.9 Å². The van der Waals surface area contributed by atoms with E-state index in [2.05, 4.69) is 50.8 Å². The minimum atomic E-state index is 1.07. The maximum Gasteiger partial charge on any atom is 0.0166 e. The zero-order valence-corrected chi connectivity index (χ0v) is 12.8. The molecule has 0 aromatic heterocycles. The third-order valence-corrected chi connectivity index (χ3v) is 2.09. The van der Waals surface area contributed by atoms with Crippen LogP contribution in [0.1, 0.15) is 55.4 Å². The van der Waals surface area contributed by atoms with Crippen molar-refractivity contribution < 1.29 is 0 Å². The largest absolute Gasteiger partial charge is 0.300 e. The Morgan fingerprint density at radius 1 is 1.00 bits per heavy atom. The first-order valence-electron chi connectivity index (χ1n) is 6.76. The predicted molar refractivity (Wildman–Crippen MR) is 79.1 cm³/mol. The van der Waals surface area contributed by atoms with E-state index in [0.29, 0.717) is 0 Å². The zero-order chi connectivity index (χ0) is 13.4. The molecule has 1 heteroatoms. The summed E-state index contributed by atoms with van der Waals surface area (Å²) in [5.41, 5.74) is 1.34. The molecule has 0 rings (SSSR count). The Kier molecular flexibility index (Phi) is 25.9. The van der Waals surface area contributed by atoms with Crippen LogP contribution in [-0.4, -0.2) is 24.5 Å². The van der Waals surface area contributed by atoms with Crippen molar-refractivity contribution in [3.8, 4) is 0 Å². The SMILES string of the molecule is C/C=C(C)\C=C/CN(CC)CC.CC.CC. The van der Waals surface area contributed by atoms with Gasteiger partial charge in [0.25, 0.3) is 0 Å². The lowest BCUT2D eigenvalue weighted by Gasteiger charge is -2.14. The molecule has 0 aliphatic rings. The van der Waals surface area contributed by atoms with Crippen LogP contribution < -0.4 is 0 Å². The van der Waals surface area contributed by atoms with Crippen molar-refractivity contribution >= 4 is 0 Å². The van der Waals surface area contributed by atoms with Crippen LogP contribution in [0, 0.1) is 0 Å². The first-order chi connectivity index (χ1) is 7.74. The lowest BCUT2D eigenvalue weighted by Crippen LogP contribution is -2.22. The van der Waals surface area contributed by atoms with E-state index in [1.807, 2.05) is 27.7 Å². The number of likely N-dealkylation sites (N-methyl/N-ethyl adjacent to an activating group) is 1. The summed E-state index contributed by atoms with van der Waals surface area (Å²) < 4.78 is 0. The molecular formula is C15H33N. The van der Waals surface area contributed by atoms with E-state index < -0.39 is 0 Å². The molecule has 0 aliphatic heterocycles. The normalized spacial score (nSPS) is 10.7. The van der Waals surface area contributed by atoms with E-state index in [1.165, 1.54) is 5.57 Å². The van der Waals surface area contributed by atoms with E-state index in [-0.39, 0.29) is 0 Å². The molecule has 0 spiro atoms. The molecule has 0 N–H and O–H groups in total. The highest BCUT2D eigenvalue weighted by Gasteiger charge is 1.92. The van der Waals surface area contributed by atoms with Crippen molar-refractivity contribution in [1.82, 2.24) is 4.90 Å². The Hall–Kier alpha value is -0.560. The molecule has 0 saturated heterocycles. The number of nitrogens with zero attached hydrogens (tertiary/aromatic N) is 1. The maximum atomic E-state index is 2.39. The van der Waals surface area contributed by atoms with Gasteiger partial charge in [-0.1, -0.05) is 65.3 Å². The van der Waals surface area contributed by atoms with E-state index in [1.54, 1.807) is 0 Å². The highest BCUT2D eigenvalue weighted by molar-refractivity contribution is 5.14. The summed E-state index contributed by atoms with van der Waals surface area (Å²) in [6.07, 6.45) is 6.53. The van der Waals surface area contributed by atoms with Crippen molar-refractivity contribution in [3.05, 3.63) is 23.8 Å². The molecular weight excluding hydrogens is 194 g/mol. The Labute approximate surface area is 104 Å².